The molecule has 1 amide bonds. The first-order valence-corrected chi connectivity index (χ1v) is 13.0. The number of carbonyl (C=O) groups is 3. The molecule has 0 aliphatic carbocycles. The lowest BCUT2D eigenvalue weighted by molar-refractivity contribution is -0.132. The summed E-state index contributed by atoms with van der Waals surface area (Å²) < 4.78 is 11.1. The van der Waals surface area contributed by atoms with Crippen molar-refractivity contribution in [1.82, 2.24) is 4.98 Å². The van der Waals surface area contributed by atoms with Gasteiger partial charge in [-0.2, -0.15) is 0 Å². The molecule has 0 unspecified atom stereocenters. The summed E-state index contributed by atoms with van der Waals surface area (Å²) in [6, 6.07) is 23.7. The zero-order valence-corrected chi connectivity index (χ0v) is 22.0. The number of amides is 1. The number of ketones is 1. The fourth-order valence-corrected chi connectivity index (χ4v) is 5.33. The first-order chi connectivity index (χ1) is 18.9. The van der Waals surface area contributed by atoms with Crippen molar-refractivity contribution in [2.75, 3.05) is 11.5 Å². The summed E-state index contributed by atoms with van der Waals surface area (Å²) in [4.78, 5) is 45.3. The van der Waals surface area contributed by atoms with Gasteiger partial charge < -0.3 is 14.6 Å². The number of rotatable bonds is 7. The van der Waals surface area contributed by atoms with Crippen molar-refractivity contribution in [2.24, 2.45) is 0 Å². The number of esters is 1. The number of hydrogen-bond donors (Lipinski definition) is 1. The molecule has 0 bridgehead atoms. The summed E-state index contributed by atoms with van der Waals surface area (Å²) in [7, 11) is 0. The van der Waals surface area contributed by atoms with Crippen LogP contribution in [-0.2, 0) is 14.3 Å². The number of ether oxygens (including phenoxy) is 2. The Labute approximate surface area is 228 Å². The summed E-state index contributed by atoms with van der Waals surface area (Å²) in [5.41, 5.74) is 1.19. The molecule has 9 heteroatoms. The van der Waals surface area contributed by atoms with Gasteiger partial charge in [0, 0.05) is 5.56 Å². The molecule has 1 N–H and O–H groups in total. The van der Waals surface area contributed by atoms with Crippen LogP contribution in [0.5, 0.6) is 11.5 Å². The maximum Gasteiger partial charge on any atom is 0.350 e. The molecule has 0 saturated carbocycles. The predicted octanol–water partition coefficient (Wildman–Crippen LogP) is 6.05. The molecule has 0 spiro atoms. The van der Waals surface area contributed by atoms with E-state index in [4.69, 9.17) is 9.47 Å². The van der Waals surface area contributed by atoms with E-state index in [0.717, 1.165) is 11.3 Å². The molecule has 39 heavy (non-hydrogen) atoms. The standard InChI is InChI=1S/C30H24N2O6S/c1-3-37-29(36)27-18(2)31-30(39-27)32-24(20-13-10-16-22(17-20)38-21-14-8-5-9-15-21)23(26(34)28(32)35)25(33)19-11-6-4-7-12-19/h4-17,24,33H,3H2,1-2H3/t24-/m1/s1. The molecule has 8 nitrogen and oxygen atoms in total. The van der Waals surface area contributed by atoms with Gasteiger partial charge in [0.2, 0.25) is 0 Å². The average Bonchev–Trinajstić information content (AvgIpc) is 3.46. The summed E-state index contributed by atoms with van der Waals surface area (Å²) in [5.74, 6) is -1.50. The van der Waals surface area contributed by atoms with Crippen LogP contribution >= 0.6 is 11.3 Å². The number of carbonyl (C=O) groups excluding carboxylic acids is 3. The van der Waals surface area contributed by atoms with Gasteiger partial charge in [-0.1, -0.05) is 72.0 Å². The van der Waals surface area contributed by atoms with Crippen molar-refractivity contribution in [2.45, 2.75) is 19.9 Å². The van der Waals surface area contributed by atoms with E-state index in [1.807, 2.05) is 30.3 Å². The predicted molar refractivity (Wildman–Crippen MR) is 147 cm³/mol. The highest BCUT2D eigenvalue weighted by atomic mass is 32.1. The molecule has 1 aromatic heterocycles. The van der Waals surface area contributed by atoms with Crippen molar-refractivity contribution in [3.63, 3.8) is 0 Å². The van der Waals surface area contributed by atoms with Crippen LogP contribution in [-0.4, -0.2) is 34.4 Å². The molecular formula is C30H24N2O6S. The first kappa shape index (κ1) is 25.9. The van der Waals surface area contributed by atoms with E-state index in [-0.39, 0.29) is 27.9 Å². The zero-order chi connectivity index (χ0) is 27.5. The molecule has 3 aromatic carbocycles. The van der Waals surface area contributed by atoms with Crippen LogP contribution in [0.15, 0.2) is 90.5 Å². The molecular weight excluding hydrogens is 516 g/mol. The van der Waals surface area contributed by atoms with Crippen molar-refractivity contribution < 1.29 is 29.0 Å². The van der Waals surface area contributed by atoms with Crippen LogP contribution in [0.2, 0.25) is 0 Å². The van der Waals surface area contributed by atoms with Crippen LogP contribution < -0.4 is 9.64 Å². The molecule has 0 radical (unpaired) electrons. The Balaban J connectivity index is 1.66. The lowest BCUT2D eigenvalue weighted by Gasteiger charge is -2.23. The average molecular weight is 541 g/mol. The number of aliphatic hydroxyl groups excluding tert-OH is 1. The van der Waals surface area contributed by atoms with Crippen LogP contribution in [0.1, 0.15) is 39.5 Å². The SMILES string of the molecule is CCOC(=O)c1sc(N2C(=O)C(=O)C(=C(O)c3ccccc3)[C@H]2c2cccc(Oc3ccccc3)c2)nc1C. The van der Waals surface area contributed by atoms with Gasteiger partial charge in [0.05, 0.1) is 23.9 Å². The third-order valence-corrected chi connectivity index (χ3v) is 7.23. The highest BCUT2D eigenvalue weighted by molar-refractivity contribution is 7.17. The lowest BCUT2D eigenvalue weighted by Crippen LogP contribution is -2.29. The summed E-state index contributed by atoms with van der Waals surface area (Å²) in [6.07, 6.45) is 0. The molecule has 1 saturated heterocycles. The van der Waals surface area contributed by atoms with Gasteiger partial charge in [-0.05, 0) is 43.7 Å². The molecule has 1 atom stereocenters. The number of thiazole rings is 1. The minimum absolute atomic E-state index is 0.0893. The fraction of sp³-hybridized carbons (Fsp3) is 0.133. The Bertz CT molecular complexity index is 1580. The molecule has 1 aliphatic heterocycles. The lowest BCUT2D eigenvalue weighted by atomic mass is 9.95. The van der Waals surface area contributed by atoms with Gasteiger partial charge in [-0.3, -0.25) is 14.5 Å². The van der Waals surface area contributed by atoms with Crippen molar-refractivity contribution in [3.05, 3.63) is 112 Å². The minimum Gasteiger partial charge on any atom is -0.507 e. The maximum absolute atomic E-state index is 13.5. The third-order valence-electron chi connectivity index (χ3n) is 6.10. The number of hydrogen-bond acceptors (Lipinski definition) is 8. The smallest absolute Gasteiger partial charge is 0.350 e. The van der Waals surface area contributed by atoms with E-state index in [0.29, 0.717) is 28.3 Å². The number of Topliss-reactive ketones (excluding diaryl/α,β-unsaturated/α-hetero) is 1. The number of aryl methyl sites for hydroxylation is 1. The Morgan fingerprint density at radius 1 is 0.974 bits per heavy atom. The minimum atomic E-state index is -1.02. The maximum atomic E-state index is 13.5. The Morgan fingerprint density at radius 3 is 2.33 bits per heavy atom. The number of aromatic nitrogens is 1. The third kappa shape index (κ3) is 5.04. The molecule has 1 aliphatic rings. The number of nitrogens with zero attached hydrogens (tertiary/aromatic N) is 2. The second-order valence-electron chi connectivity index (χ2n) is 8.65. The van der Waals surface area contributed by atoms with Crippen LogP contribution in [0.4, 0.5) is 5.13 Å². The second-order valence-corrected chi connectivity index (χ2v) is 9.63. The molecule has 5 rings (SSSR count). The van der Waals surface area contributed by atoms with Crippen molar-refractivity contribution in [3.8, 4) is 11.5 Å². The van der Waals surface area contributed by atoms with Gasteiger partial charge in [0.25, 0.3) is 5.78 Å². The Morgan fingerprint density at radius 2 is 1.64 bits per heavy atom. The molecule has 196 valence electrons. The van der Waals surface area contributed by atoms with Crippen LogP contribution in [0, 0.1) is 6.92 Å². The first-order valence-electron chi connectivity index (χ1n) is 12.2. The number of benzene rings is 3. The van der Waals surface area contributed by atoms with Crippen LogP contribution in [0.3, 0.4) is 0 Å². The van der Waals surface area contributed by atoms with Crippen LogP contribution in [0.25, 0.3) is 5.76 Å². The van der Waals surface area contributed by atoms with E-state index in [2.05, 4.69) is 4.98 Å². The fourth-order valence-electron chi connectivity index (χ4n) is 4.34. The highest BCUT2D eigenvalue weighted by Crippen LogP contribution is 2.44. The van der Waals surface area contributed by atoms with Gasteiger partial charge in [0.15, 0.2) is 5.13 Å². The Hall–Kier alpha value is -4.76. The number of para-hydroxylation sites is 1. The van der Waals surface area contributed by atoms with Gasteiger partial charge in [-0.25, -0.2) is 9.78 Å². The molecule has 1 fully saturated rings. The second kappa shape index (κ2) is 10.9. The quantitative estimate of drug-likeness (QED) is 0.132. The monoisotopic (exact) mass is 540 g/mol. The number of aliphatic hydroxyl groups is 1. The van der Waals surface area contributed by atoms with E-state index < -0.39 is 23.7 Å². The van der Waals surface area contributed by atoms with Crippen molar-refractivity contribution in [1.29, 1.82) is 0 Å². The molecule has 2 heterocycles. The van der Waals surface area contributed by atoms with Gasteiger partial charge in [0.1, 0.15) is 22.1 Å². The zero-order valence-electron chi connectivity index (χ0n) is 21.2. The summed E-state index contributed by atoms with van der Waals surface area (Å²) in [5, 5.41) is 11.4. The van der Waals surface area contributed by atoms with E-state index in [9.17, 15) is 19.5 Å². The van der Waals surface area contributed by atoms with E-state index >= 15 is 0 Å². The highest BCUT2D eigenvalue weighted by Gasteiger charge is 2.48. The largest absolute Gasteiger partial charge is 0.507 e. The summed E-state index contributed by atoms with van der Waals surface area (Å²) in [6.45, 7) is 3.51. The Kier molecular flexibility index (Phi) is 7.25. The summed E-state index contributed by atoms with van der Waals surface area (Å²) >= 11 is 0.957. The normalized spacial score (nSPS) is 16.4. The van der Waals surface area contributed by atoms with Gasteiger partial charge >= 0.3 is 11.9 Å². The van der Waals surface area contributed by atoms with Gasteiger partial charge in [-0.15, -0.1) is 0 Å². The van der Waals surface area contributed by atoms with Crippen molar-refractivity contribution >= 4 is 39.9 Å². The topological polar surface area (TPSA) is 106 Å². The van der Waals surface area contributed by atoms with E-state index in [1.54, 1.807) is 68.4 Å². The van der Waals surface area contributed by atoms with E-state index in [1.165, 1.54) is 4.90 Å². The molecule has 4 aromatic rings. The number of anilines is 1.